The third-order valence-electron chi connectivity index (χ3n) is 15.4. The number of carbonyl (C=O) groups is 6. The predicted molar refractivity (Wildman–Crippen MR) is 347 cm³/mol. The van der Waals surface area contributed by atoms with Crippen molar-refractivity contribution in [1.29, 1.82) is 0 Å². The highest BCUT2D eigenvalue weighted by Gasteiger charge is 2.28. The molecule has 1 unspecified atom stereocenters. The van der Waals surface area contributed by atoms with Crippen molar-refractivity contribution < 1.29 is 71.4 Å². The summed E-state index contributed by atoms with van der Waals surface area (Å²) in [6, 6.07) is -0.871. The quantitative estimate of drug-likeness (QED) is 0.0241. The fourth-order valence-electron chi connectivity index (χ4n) is 10.0. The largest absolute Gasteiger partial charge is 0.466 e. The van der Waals surface area contributed by atoms with Crippen LogP contribution in [-0.2, 0) is 71.4 Å². The monoisotopic (exact) mass is 1240 g/mol. The molecule has 0 saturated heterocycles. The molecule has 1 atom stereocenters. The van der Waals surface area contributed by atoms with E-state index in [0.29, 0.717) is 52.2 Å². The molecule has 0 bridgehead atoms. The van der Waals surface area contributed by atoms with Crippen molar-refractivity contribution in [2.75, 3.05) is 80.0 Å². The lowest BCUT2D eigenvalue weighted by Gasteiger charge is -2.32. The van der Waals surface area contributed by atoms with Crippen LogP contribution in [0.1, 0.15) is 311 Å². The second-order valence-corrected chi connectivity index (χ2v) is 24.2. The Kier molecular flexibility index (Phi) is 60.4. The molecule has 0 fully saturated rings. The minimum absolute atomic E-state index is 0.0112. The minimum atomic E-state index is -0.871. The summed E-state index contributed by atoms with van der Waals surface area (Å²) in [4.78, 5) is 83.3. The lowest BCUT2D eigenvalue weighted by atomic mass is 10.1. The zero-order chi connectivity index (χ0) is 64.1. The predicted octanol–water partition coefficient (Wildman–Crippen LogP) is 16.1. The van der Waals surface area contributed by atoms with E-state index in [9.17, 15) is 28.8 Å². The summed E-state index contributed by atoms with van der Waals surface area (Å²) in [6.07, 6.45) is 34.7. The maximum Gasteiger partial charge on any atom is 0.306 e. The normalized spacial score (nSPS) is 11.9. The summed E-state index contributed by atoms with van der Waals surface area (Å²) >= 11 is 0. The third-order valence-corrected chi connectivity index (χ3v) is 15.4. The number of rotatable bonds is 66. The van der Waals surface area contributed by atoms with Gasteiger partial charge in [0.1, 0.15) is 19.3 Å². The van der Waals surface area contributed by atoms with E-state index in [4.69, 9.17) is 42.6 Å². The standard InChI is InChI=1S/C70H132N2O15/c1-9-15-20-25-29-34-53-81-69(82-54-35-30-26-21-16-10-2)49-47-66(76)79-57-38-43-64(74)85-59-61(72(52-40-51-71(7)8)63(73)45-46-68(78)87-62(41-14-6)42-33-24-19-13-5)60-86-65(75)44-39-58-80-67(77)48-50-70(83-55-36-31-27-22-17-11-3)84-56-37-32-28-23-18-12-4/h61-62,69-70H,9-60H2,1-8H3. The van der Waals surface area contributed by atoms with Crippen molar-refractivity contribution >= 4 is 35.8 Å². The summed E-state index contributed by atoms with van der Waals surface area (Å²) < 4.78 is 52.9. The summed E-state index contributed by atoms with van der Waals surface area (Å²) in [5, 5.41) is 0. The first-order valence-corrected chi connectivity index (χ1v) is 35.6. The number of ether oxygens (including phenoxy) is 9. The summed E-state index contributed by atoms with van der Waals surface area (Å²) in [6.45, 7) is 15.7. The summed E-state index contributed by atoms with van der Waals surface area (Å²) in [5.41, 5.74) is 0. The molecule has 0 aliphatic heterocycles. The van der Waals surface area contributed by atoms with Crippen molar-refractivity contribution in [3.63, 3.8) is 0 Å². The van der Waals surface area contributed by atoms with Crippen LogP contribution in [0.15, 0.2) is 0 Å². The van der Waals surface area contributed by atoms with E-state index in [1.165, 1.54) is 103 Å². The Labute approximate surface area is 530 Å². The number of amides is 1. The lowest BCUT2D eigenvalue weighted by molar-refractivity contribution is -0.160. The zero-order valence-electron chi connectivity index (χ0n) is 57.1. The number of esters is 5. The highest BCUT2D eigenvalue weighted by molar-refractivity contribution is 5.82. The van der Waals surface area contributed by atoms with E-state index in [2.05, 4.69) is 41.5 Å². The van der Waals surface area contributed by atoms with Crippen LogP contribution in [0, 0.1) is 0 Å². The van der Waals surface area contributed by atoms with Gasteiger partial charge in [-0.2, -0.15) is 0 Å². The number of hydrogen-bond acceptors (Lipinski definition) is 16. The molecule has 0 aromatic rings. The van der Waals surface area contributed by atoms with E-state index in [1.807, 2.05) is 19.0 Å². The first kappa shape index (κ1) is 83.6. The first-order valence-electron chi connectivity index (χ1n) is 35.6. The molecule has 0 N–H and O–H groups in total. The molecule has 0 spiro atoms. The molecule has 87 heavy (non-hydrogen) atoms. The van der Waals surface area contributed by atoms with E-state index in [-0.39, 0.29) is 96.4 Å². The third kappa shape index (κ3) is 55.2. The lowest BCUT2D eigenvalue weighted by Crippen LogP contribution is -2.47. The average Bonchev–Trinajstić information content (AvgIpc) is 3.61. The van der Waals surface area contributed by atoms with Crippen molar-refractivity contribution in [2.45, 2.75) is 336 Å². The minimum Gasteiger partial charge on any atom is -0.466 e. The number of carbonyl (C=O) groups excluding carboxylic acids is 6. The fourth-order valence-corrected chi connectivity index (χ4v) is 10.0. The molecule has 0 rings (SSSR count). The molecule has 0 aromatic carbocycles. The molecule has 17 nitrogen and oxygen atoms in total. The van der Waals surface area contributed by atoms with Crippen molar-refractivity contribution in [3.05, 3.63) is 0 Å². The molecular weight excluding hydrogens is 1110 g/mol. The Morgan fingerprint density at radius 3 is 1.06 bits per heavy atom. The van der Waals surface area contributed by atoms with E-state index < -0.39 is 48.5 Å². The SMILES string of the molecule is CCCCCCCCOC(CCC(=O)OCCCC(=O)OCC(COC(=O)CCCOC(=O)CCC(OCCCCCCCC)OCCCCCCCC)N(CCCN(C)C)C(=O)CCC(=O)OC(CCC)CCCCCC)OCCCCCCCC. The van der Waals surface area contributed by atoms with Gasteiger partial charge in [-0.1, -0.05) is 196 Å². The smallest absolute Gasteiger partial charge is 0.306 e. The summed E-state index contributed by atoms with van der Waals surface area (Å²) in [5.74, 6) is -2.74. The van der Waals surface area contributed by atoms with E-state index in [0.717, 1.165) is 96.3 Å². The van der Waals surface area contributed by atoms with Gasteiger partial charge in [-0.05, 0) is 84.8 Å². The van der Waals surface area contributed by atoms with Crippen LogP contribution in [0.4, 0.5) is 0 Å². The molecule has 512 valence electrons. The summed E-state index contributed by atoms with van der Waals surface area (Å²) in [7, 11) is 3.86. The highest BCUT2D eigenvalue weighted by Crippen LogP contribution is 2.18. The Hall–Kier alpha value is -3.38. The molecule has 0 saturated carbocycles. The van der Waals surface area contributed by atoms with Crippen LogP contribution in [0.2, 0.25) is 0 Å². The molecule has 0 aliphatic rings. The zero-order valence-corrected chi connectivity index (χ0v) is 57.1. The van der Waals surface area contributed by atoms with E-state index in [1.54, 1.807) is 4.90 Å². The van der Waals surface area contributed by atoms with Crippen LogP contribution in [0.3, 0.4) is 0 Å². The average molecular weight is 1240 g/mol. The van der Waals surface area contributed by atoms with Gasteiger partial charge in [-0.15, -0.1) is 0 Å². The van der Waals surface area contributed by atoms with Gasteiger partial charge in [0, 0.05) is 65.1 Å². The van der Waals surface area contributed by atoms with Crippen molar-refractivity contribution in [3.8, 4) is 0 Å². The Morgan fingerprint density at radius 1 is 0.310 bits per heavy atom. The maximum atomic E-state index is 14.2. The topological polar surface area (TPSA) is 192 Å². The second kappa shape index (κ2) is 62.8. The van der Waals surface area contributed by atoms with Crippen LogP contribution >= 0.6 is 0 Å². The van der Waals surface area contributed by atoms with Crippen LogP contribution in [0.25, 0.3) is 0 Å². The van der Waals surface area contributed by atoms with Gasteiger partial charge in [-0.3, -0.25) is 28.8 Å². The highest BCUT2D eigenvalue weighted by atomic mass is 16.7. The number of nitrogens with zero attached hydrogens (tertiary/aromatic N) is 2. The van der Waals surface area contributed by atoms with Gasteiger partial charge in [0.25, 0.3) is 0 Å². The molecular formula is C70H132N2O15. The van der Waals surface area contributed by atoms with Gasteiger partial charge in [0.2, 0.25) is 5.91 Å². The van der Waals surface area contributed by atoms with Gasteiger partial charge in [-0.25, -0.2) is 0 Å². The van der Waals surface area contributed by atoms with Gasteiger partial charge >= 0.3 is 29.8 Å². The molecule has 1 amide bonds. The van der Waals surface area contributed by atoms with Crippen molar-refractivity contribution in [2.24, 2.45) is 0 Å². The molecule has 0 radical (unpaired) electrons. The number of unbranched alkanes of at least 4 members (excludes halogenated alkanes) is 23. The second-order valence-electron chi connectivity index (χ2n) is 24.2. The molecule has 0 aliphatic carbocycles. The van der Waals surface area contributed by atoms with Gasteiger partial charge < -0.3 is 52.4 Å². The Bertz CT molecular complexity index is 1500. The van der Waals surface area contributed by atoms with E-state index >= 15 is 0 Å². The van der Waals surface area contributed by atoms with Gasteiger partial charge in [0.15, 0.2) is 12.6 Å². The maximum absolute atomic E-state index is 14.2. The number of hydrogen-bond donors (Lipinski definition) is 0. The molecule has 0 aromatic heterocycles. The van der Waals surface area contributed by atoms with Crippen LogP contribution < -0.4 is 0 Å². The van der Waals surface area contributed by atoms with Gasteiger partial charge in [0.05, 0.1) is 38.5 Å². The Balaban J connectivity index is 5.77. The Morgan fingerprint density at radius 2 is 0.678 bits per heavy atom. The molecule has 17 heteroatoms. The van der Waals surface area contributed by atoms with Crippen LogP contribution in [0.5, 0.6) is 0 Å². The molecule has 0 heterocycles. The van der Waals surface area contributed by atoms with Crippen LogP contribution in [-0.4, -0.2) is 150 Å². The van der Waals surface area contributed by atoms with Crippen molar-refractivity contribution in [1.82, 2.24) is 9.80 Å². The first-order chi connectivity index (χ1) is 42.3. The fraction of sp³-hybridized carbons (Fsp3) is 0.914.